The smallest absolute Gasteiger partial charge is 0.657 e. The third-order valence-corrected chi connectivity index (χ3v) is 19.9. The number of aromatic nitrogens is 8. The third kappa shape index (κ3) is 9.28. The van der Waals surface area contributed by atoms with Gasteiger partial charge in [-0.25, -0.2) is 19.9 Å². The van der Waals surface area contributed by atoms with Crippen molar-refractivity contribution < 1.29 is 17.1 Å². The first-order chi connectivity index (χ1) is 41.6. The molecule has 1 radical (unpaired) electrons. The summed E-state index contributed by atoms with van der Waals surface area (Å²) < 4.78 is 0. The van der Waals surface area contributed by atoms with Crippen LogP contribution in [0.4, 0.5) is 0 Å². The van der Waals surface area contributed by atoms with Crippen LogP contribution in [0.15, 0.2) is 84.9 Å². The average molecular weight is 1190 g/mol. The van der Waals surface area contributed by atoms with E-state index in [0.29, 0.717) is 0 Å². The van der Waals surface area contributed by atoms with E-state index < -0.39 is 0 Å². The first kappa shape index (κ1) is 59.2. The largest absolute Gasteiger partial charge is 2.00 e. The van der Waals surface area contributed by atoms with Gasteiger partial charge in [0.05, 0.1) is 51.1 Å². The van der Waals surface area contributed by atoms with E-state index in [2.05, 4.69) is 206 Å². The minimum Gasteiger partial charge on any atom is -0.657 e. The molecule has 87 heavy (non-hydrogen) atoms. The summed E-state index contributed by atoms with van der Waals surface area (Å²) in [7, 11) is 0. The Hall–Kier alpha value is -8.10. The van der Waals surface area contributed by atoms with Crippen LogP contribution in [0.1, 0.15) is 199 Å². The molecule has 13 rings (SSSR count). The van der Waals surface area contributed by atoms with Crippen LogP contribution in [0.5, 0.6) is 0 Å². The first-order valence-corrected chi connectivity index (χ1v) is 31.8. The van der Waals surface area contributed by atoms with Crippen molar-refractivity contribution >= 4 is 110 Å². The van der Waals surface area contributed by atoms with Gasteiger partial charge >= 0.3 is 17.1 Å². The van der Waals surface area contributed by atoms with Gasteiger partial charge < -0.3 is 19.9 Å². The van der Waals surface area contributed by atoms with E-state index in [-0.39, 0.29) is 17.1 Å². The molecule has 16 bridgehead atoms. The van der Waals surface area contributed by atoms with Crippen LogP contribution in [0.25, 0.3) is 133 Å². The topological polar surface area (TPSA) is 111 Å². The molecule has 0 spiro atoms. The molecule has 4 aliphatic heterocycles. The van der Waals surface area contributed by atoms with Gasteiger partial charge in [0, 0.05) is 22.1 Å². The van der Waals surface area contributed by atoms with Crippen molar-refractivity contribution in [2.45, 2.75) is 162 Å². The quantitative estimate of drug-likeness (QED) is 0.104. The molecular formula is C78H80CuN8. The van der Waals surface area contributed by atoms with Crippen LogP contribution in [-0.2, 0) is 42.8 Å². The Kier molecular flexibility index (Phi) is 15.6. The maximum atomic E-state index is 5.82. The Morgan fingerprint density at radius 1 is 0.356 bits per heavy atom. The summed E-state index contributed by atoms with van der Waals surface area (Å²) in [4.78, 5) is 41.7. The van der Waals surface area contributed by atoms with Gasteiger partial charge in [-0.15, -0.1) is 22.1 Å². The molecule has 0 amide bonds. The van der Waals surface area contributed by atoms with E-state index in [9.17, 15) is 0 Å². The summed E-state index contributed by atoms with van der Waals surface area (Å²) in [6.07, 6.45) is 6.90. The number of hydrogen-bond donors (Lipinski definition) is 2. The van der Waals surface area contributed by atoms with Gasteiger partial charge in [0.2, 0.25) is 0 Å². The summed E-state index contributed by atoms with van der Waals surface area (Å²) in [6.45, 7) is 36.1. The molecule has 4 aliphatic rings. The molecule has 0 saturated heterocycles. The summed E-state index contributed by atoms with van der Waals surface area (Å²) in [5.74, 6) is 0. The number of hydrogen-bond acceptors (Lipinski definition) is 4. The zero-order valence-electron chi connectivity index (χ0n) is 53.7. The Bertz CT molecular complexity index is 4630. The van der Waals surface area contributed by atoms with Gasteiger partial charge in [0.15, 0.2) is 0 Å². The van der Waals surface area contributed by atoms with Crippen molar-refractivity contribution in [1.29, 1.82) is 0 Å². The minimum absolute atomic E-state index is 0. The summed E-state index contributed by atoms with van der Waals surface area (Å²) >= 11 is 0. The van der Waals surface area contributed by atoms with Crippen LogP contribution in [-0.4, -0.2) is 29.9 Å². The molecule has 2 N–H and O–H groups in total. The molecule has 0 aliphatic carbocycles. The number of rotatable bonds is 10. The molecule has 9 heteroatoms. The number of aromatic amines is 2. The average Bonchev–Trinajstić information content (AvgIpc) is 1.80. The fraction of sp³-hybridized carbons (Fsp3) is 0.308. The summed E-state index contributed by atoms with van der Waals surface area (Å²) in [5, 5.41) is 4.60. The third-order valence-electron chi connectivity index (χ3n) is 19.9. The van der Waals surface area contributed by atoms with Crippen LogP contribution in [0, 0.1) is 27.7 Å². The summed E-state index contributed by atoms with van der Waals surface area (Å²) in [6, 6.07) is 32.1. The number of allylic oxidation sites excluding steroid dienone is 8. The van der Waals surface area contributed by atoms with E-state index in [1.807, 2.05) is 0 Å². The van der Waals surface area contributed by atoms with Crippen molar-refractivity contribution in [3.05, 3.63) is 175 Å². The van der Waals surface area contributed by atoms with Gasteiger partial charge in [-0.3, -0.25) is 0 Å². The van der Waals surface area contributed by atoms with E-state index in [1.165, 1.54) is 89.1 Å². The molecule has 0 unspecified atom stereocenters. The number of nitrogens with zero attached hydrogens (tertiary/aromatic N) is 6. The Morgan fingerprint density at radius 2 is 0.793 bits per heavy atom. The normalized spacial score (nSPS) is 13.6. The molecule has 8 nitrogen and oxygen atoms in total. The zero-order valence-corrected chi connectivity index (χ0v) is 54.7. The predicted octanol–water partition coefficient (Wildman–Crippen LogP) is 20.7. The van der Waals surface area contributed by atoms with Gasteiger partial charge in [-0.05, 0) is 242 Å². The fourth-order valence-electron chi connectivity index (χ4n) is 15.2. The van der Waals surface area contributed by atoms with Crippen LogP contribution in [0.2, 0.25) is 0 Å². The maximum Gasteiger partial charge on any atom is 2.00 e. The van der Waals surface area contributed by atoms with Crippen LogP contribution in [0.3, 0.4) is 0 Å². The van der Waals surface area contributed by atoms with Crippen molar-refractivity contribution in [3.63, 3.8) is 0 Å². The molecule has 0 saturated carbocycles. The van der Waals surface area contributed by atoms with Gasteiger partial charge in [0.25, 0.3) is 0 Å². The second-order valence-electron chi connectivity index (χ2n) is 24.2. The molecular weight excluding hydrogens is 1110 g/mol. The van der Waals surface area contributed by atoms with Crippen molar-refractivity contribution in [3.8, 4) is 22.3 Å². The number of fused-ring (bicyclic) bond motifs is 18. The number of H-pyrrole nitrogens is 2. The first-order valence-electron chi connectivity index (χ1n) is 31.8. The molecule has 0 fully saturated rings. The molecule has 3 aromatic carbocycles. The van der Waals surface area contributed by atoms with E-state index in [0.717, 1.165) is 185 Å². The van der Waals surface area contributed by atoms with Crippen molar-refractivity contribution in [1.82, 2.24) is 39.9 Å². The molecule has 10 heterocycles. The zero-order chi connectivity index (χ0) is 60.3. The van der Waals surface area contributed by atoms with Gasteiger partial charge in [-0.1, -0.05) is 132 Å². The number of benzene rings is 3. The monoisotopic (exact) mass is 1190 g/mol. The maximum absolute atomic E-state index is 5.82. The Balaban J connectivity index is 0.00000739. The SMILES string of the molecule is CCC1=C(C)c2cc3[n-]c(c(C)c3CC)c(-c3cccc4cc5cccc(-c6c7nc(cc8[nH]c(cc9nc(cc%10[nH]c6c(C)c%10CC)C(C)=C9CC)c(CC)c8C)C(CC)=C7C)c5cc34)c3nc(cc4[n-]c(cc1n2)c(CC)c4C)C(CC)=C3C.[Cu+2]. The van der Waals surface area contributed by atoms with Crippen molar-refractivity contribution in [2.24, 2.45) is 0 Å². The number of nitrogens with one attached hydrogen (secondary N) is 2. The van der Waals surface area contributed by atoms with Crippen LogP contribution >= 0.6 is 0 Å². The van der Waals surface area contributed by atoms with Gasteiger partial charge in [-0.2, -0.15) is 0 Å². The molecule has 9 aromatic rings. The molecule has 443 valence electrons. The summed E-state index contributed by atoms with van der Waals surface area (Å²) in [5.41, 5.74) is 40.3. The molecule has 6 aromatic heterocycles. The van der Waals surface area contributed by atoms with Crippen LogP contribution < -0.4 is 9.97 Å². The minimum atomic E-state index is 0. The number of aryl methyl sites for hydroxylation is 8. The molecule has 0 atom stereocenters. The Labute approximate surface area is 523 Å². The van der Waals surface area contributed by atoms with E-state index >= 15 is 0 Å². The Morgan fingerprint density at radius 3 is 1.38 bits per heavy atom. The van der Waals surface area contributed by atoms with Crippen molar-refractivity contribution in [2.75, 3.05) is 0 Å². The second kappa shape index (κ2) is 22.9. The second-order valence-corrected chi connectivity index (χ2v) is 24.2. The predicted molar refractivity (Wildman–Crippen MR) is 367 cm³/mol. The van der Waals surface area contributed by atoms with Gasteiger partial charge in [0.1, 0.15) is 0 Å². The van der Waals surface area contributed by atoms with E-state index in [4.69, 9.17) is 29.9 Å². The standard InChI is InChI=1S/C78H80N8.Cu/c1-17-49-39(9)61-33-69-53(21-5)43(13)75(83-69)73(76-44(14)54(22-6)70(84-76)34-62-40(10)50(18-2)66(80-62)37-65(49)79-61)57-29-25-27-47-31-48-28-26-30-58(60(48)32-59(47)57)74-77-45(15)55(23-7)71(85-77)35-63-41(11)51(19-3)67(81-63)38-68-52(20-4)42(12)64(82-68)36-72-56(24-8)46(16)78(74)86-72;/h25-38,79,84H,17-24H2,1-16H3;/q-2;+2. The van der Waals surface area contributed by atoms with E-state index in [1.54, 1.807) is 0 Å². The fourth-order valence-corrected chi connectivity index (χ4v) is 15.2.